The van der Waals surface area contributed by atoms with Gasteiger partial charge >= 0.3 is 6.03 Å². The Morgan fingerprint density at radius 1 is 1.13 bits per heavy atom. The average molecular weight is 329 g/mol. The number of amides is 3. The van der Waals surface area contributed by atoms with Crippen LogP contribution in [0.3, 0.4) is 0 Å². The van der Waals surface area contributed by atoms with Crippen molar-refractivity contribution in [1.29, 1.82) is 0 Å². The van der Waals surface area contributed by atoms with Crippen LogP contribution >= 0.6 is 12.8 Å². The minimum absolute atomic E-state index is 0.375. The molecule has 0 aromatic heterocycles. The van der Waals surface area contributed by atoms with E-state index in [1.54, 1.807) is 24.3 Å². The molecule has 0 aliphatic heterocycles. The van der Waals surface area contributed by atoms with Crippen molar-refractivity contribution < 1.29 is 9.59 Å². The van der Waals surface area contributed by atoms with E-state index in [0.29, 0.717) is 22.9 Å². The van der Waals surface area contributed by atoms with Gasteiger partial charge in [0, 0.05) is 11.3 Å². The summed E-state index contributed by atoms with van der Waals surface area (Å²) in [6, 6.07) is 13.6. The van der Waals surface area contributed by atoms with Crippen LogP contribution in [0.25, 0.3) is 0 Å². The molecule has 0 aliphatic rings. The fourth-order valence-corrected chi connectivity index (χ4v) is 2.22. The number of nitrogens with two attached hydrogens (primary N) is 1. The first-order chi connectivity index (χ1) is 10.9. The molecule has 3 amide bonds. The number of nitrogens with one attached hydrogen (secondary N) is 1. The number of anilines is 2. The molecule has 0 bridgehead atoms. The van der Waals surface area contributed by atoms with E-state index >= 15 is 0 Å². The van der Waals surface area contributed by atoms with Crippen molar-refractivity contribution in [3.8, 4) is 0 Å². The van der Waals surface area contributed by atoms with Gasteiger partial charge < -0.3 is 11.1 Å². The van der Waals surface area contributed by atoms with Crippen molar-refractivity contribution in [2.24, 2.45) is 5.73 Å². The Hall–Kier alpha value is -2.47. The lowest BCUT2D eigenvalue weighted by Gasteiger charge is -2.17. The molecule has 0 saturated carbocycles. The Kier molecular flexibility index (Phi) is 5.28. The third-order valence-corrected chi connectivity index (χ3v) is 3.81. The molecule has 0 aliphatic carbocycles. The van der Waals surface area contributed by atoms with Crippen LogP contribution in [0.1, 0.15) is 35.7 Å². The molecular formula is C17H19N3O2S. The number of nitrogens with zero attached hydrogens (tertiary/aromatic N) is 1. The molecule has 0 fully saturated rings. The smallest absolute Gasteiger partial charge is 0.336 e. The van der Waals surface area contributed by atoms with Gasteiger partial charge in [0.1, 0.15) is 0 Å². The van der Waals surface area contributed by atoms with E-state index in [1.807, 2.05) is 24.3 Å². The van der Waals surface area contributed by atoms with Crippen LogP contribution in [0.5, 0.6) is 0 Å². The Balaban J connectivity index is 2.10. The first kappa shape index (κ1) is 16.9. The van der Waals surface area contributed by atoms with E-state index in [2.05, 4.69) is 32.0 Å². The van der Waals surface area contributed by atoms with Gasteiger partial charge in [0.05, 0.1) is 5.69 Å². The predicted octanol–water partition coefficient (Wildman–Crippen LogP) is 3.79. The summed E-state index contributed by atoms with van der Waals surface area (Å²) in [5.74, 6) is -0.141. The van der Waals surface area contributed by atoms with Gasteiger partial charge in [0.25, 0.3) is 0 Å². The zero-order chi connectivity index (χ0) is 17.0. The van der Waals surface area contributed by atoms with Crippen LogP contribution in [-0.2, 0) is 0 Å². The third-order valence-electron chi connectivity index (χ3n) is 3.39. The Bertz CT molecular complexity index is 714. The molecule has 0 spiro atoms. The van der Waals surface area contributed by atoms with E-state index in [9.17, 15) is 9.59 Å². The fraction of sp³-hybridized carbons (Fsp3) is 0.176. The molecule has 0 radical (unpaired) electrons. The molecule has 0 atom stereocenters. The molecule has 3 N–H and O–H groups in total. The number of hydrogen-bond donors (Lipinski definition) is 3. The standard InChI is InChI=1S/C17H19N3O2S/c1-11(2)13-4-3-5-14(10-13)19-17(22)20(23)15-8-6-12(7-9-15)16(18)21/h3-11,23H,1-2H3,(H2,18,21)(H,19,22). The maximum Gasteiger partial charge on any atom is 0.336 e. The van der Waals surface area contributed by atoms with Crippen molar-refractivity contribution >= 4 is 36.1 Å². The van der Waals surface area contributed by atoms with Gasteiger partial charge in [-0.3, -0.25) is 4.79 Å². The Labute approximate surface area is 141 Å². The normalized spacial score (nSPS) is 10.4. The van der Waals surface area contributed by atoms with Crippen LogP contribution in [0.15, 0.2) is 48.5 Å². The Morgan fingerprint density at radius 2 is 1.78 bits per heavy atom. The SMILES string of the molecule is CC(C)c1cccc(NC(=O)N(S)c2ccc(C(N)=O)cc2)c1. The van der Waals surface area contributed by atoms with Crippen molar-refractivity contribution in [2.45, 2.75) is 19.8 Å². The van der Waals surface area contributed by atoms with Crippen LogP contribution < -0.4 is 15.4 Å². The van der Waals surface area contributed by atoms with Gasteiger partial charge in [-0.1, -0.05) is 38.8 Å². The monoisotopic (exact) mass is 329 g/mol. The largest absolute Gasteiger partial charge is 0.366 e. The topological polar surface area (TPSA) is 75.4 Å². The summed E-state index contributed by atoms with van der Waals surface area (Å²) in [5, 5.41) is 2.79. The maximum absolute atomic E-state index is 12.3. The van der Waals surface area contributed by atoms with Gasteiger partial charge in [0.2, 0.25) is 5.91 Å². The number of carbonyl (C=O) groups is 2. The quantitative estimate of drug-likeness (QED) is 0.746. The van der Waals surface area contributed by atoms with Crippen LogP contribution in [0.2, 0.25) is 0 Å². The van der Waals surface area contributed by atoms with Crippen molar-refractivity contribution in [2.75, 3.05) is 9.62 Å². The highest BCUT2D eigenvalue weighted by Gasteiger charge is 2.13. The summed E-state index contributed by atoms with van der Waals surface area (Å²) in [5.41, 5.74) is 7.94. The minimum atomic E-state index is -0.516. The van der Waals surface area contributed by atoms with Gasteiger partial charge in [-0.2, -0.15) is 0 Å². The molecule has 0 saturated heterocycles. The van der Waals surface area contributed by atoms with Gasteiger partial charge in [-0.15, -0.1) is 0 Å². The zero-order valence-corrected chi connectivity index (χ0v) is 13.9. The van der Waals surface area contributed by atoms with E-state index in [1.165, 1.54) is 4.31 Å². The van der Waals surface area contributed by atoms with E-state index < -0.39 is 5.91 Å². The molecule has 2 aromatic rings. The molecule has 2 rings (SSSR count). The zero-order valence-electron chi connectivity index (χ0n) is 13.0. The van der Waals surface area contributed by atoms with E-state index in [0.717, 1.165) is 5.56 Å². The molecule has 6 heteroatoms. The number of rotatable bonds is 4. The molecule has 0 heterocycles. The minimum Gasteiger partial charge on any atom is -0.366 e. The number of primary amides is 1. The van der Waals surface area contributed by atoms with Crippen molar-refractivity contribution in [3.63, 3.8) is 0 Å². The second-order valence-corrected chi connectivity index (χ2v) is 5.83. The van der Waals surface area contributed by atoms with Crippen molar-refractivity contribution in [3.05, 3.63) is 59.7 Å². The molecule has 2 aromatic carbocycles. The predicted molar refractivity (Wildman–Crippen MR) is 96.0 cm³/mol. The number of carbonyl (C=O) groups excluding carboxylic acids is 2. The fourth-order valence-electron chi connectivity index (χ4n) is 2.04. The molecule has 0 unspecified atom stereocenters. The number of hydrogen-bond acceptors (Lipinski definition) is 3. The summed E-state index contributed by atoms with van der Waals surface area (Å²) < 4.78 is 1.17. The lowest BCUT2D eigenvalue weighted by molar-refractivity contribution is 0.100. The second-order valence-electron chi connectivity index (χ2n) is 5.43. The Morgan fingerprint density at radius 3 is 2.35 bits per heavy atom. The van der Waals surface area contributed by atoms with Crippen LogP contribution in [0, 0.1) is 0 Å². The highest BCUT2D eigenvalue weighted by molar-refractivity contribution is 7.82. The maximum atomic E-state index is 12.3. The van der Waals surface area contributed by atoms with Gasteiger partial charge in [-0.05, 0) is 47.9 Å². The highest BCUT2D eigenvalue weighted by Crippen LogP contribution is 2.21. The summed E-state index contributed by atoms with van der Waals surface area (Å²) in [7, 11) is 0. The first-order valence-corrected chi connectivity index (χ1v) is 7.58. The van der Waals surface area contributed by atoms with Gasteiger partial charge in [0.15, 0.2) is 0 Å². The van der Waals surface area contributed by atoms with Crippen LogP contribution in [0.4, 0.5) is 16.2 Å². The summed E-state index contributed by atoms with van der Waals surface area (Å²) in [6.45, 7) is 4.18. The van der Waals surface area contributed by atoms with E-state index in [4.69, 9.17) is 5.73 Å². The van der Waals surface area contributed by atoms with Gasteiger partial charge in [-0.25, -0.2) is 9.10 Å². The second kappa shape index (κ2) is 7.19. The van der Waals surface area contributed by atoms with Crippen molar-refractivity contribution in [1.82, 2.24) is 0 Å². The summed E-state index contributed by atoms with van der Waals surface area (Å²) >= 11 is 4.20. The lowest BCUT2D eigenvalue weighted by Crippen LogP contribution is -2.26. The van der Waals surface area contributed by atoms with Crippen LogP contribution in [-0.4, -0.2) is 11.9 Å². The molecule has 120 valence electrons. The summed E-state index contributed by atoms with van der Waals surface area (Å²) in [4.78, 5) is 23.3. The van der Waals surface area contributed by atoms with E-state index in [-0.39, 0.29) is 6.03 Å². The number of benzene rings is 2. The average Bonchev–Trinajstić information content (AvgIpc) is 2.54. The summed E-state index contributed by atoms with van der Waals surface area (Å²) in [6.07, 6.45) is 0. The molecular weight excluding hydrogens is 310 g/mol. The third kappa shape index (κ3) is 4.26. The first-order valence-electron chi connectivity index (χ1n) is 7.18. The highest BCUT2D eigenvalue weighted by atomic mass is 32.1. The lowest BCUT2D eigenvalue weighted by atomic mass is 10.0. The number of urea groups is 1. The molecule has 23 heavy (non-hydrogen) atoms. The molecule has 5 nitrogen and oxygen atoms in total. The number of thiol groups is 1.